The highest BCUT2D eigenvalue weighted by molar-refractivity contribution is 7.13. The van der Waals surface area contributed by atoms with Crippen molar-refractivity contribution in [2.75, 3.05) is 4.90 Å². The molecule has 6 rings (SSSR count). The number of fused-ring (bicyclic) bond motifs is 1. The zero-order chi connectivity index (χ0) is 25.7. The molecular weight excluding hydrogens is 490 g/mol. The zero-order valence-electron chi connectivity index (χ0n) is 20.4. The van der Waals surface area contributed by atoms with E-state index in [9.17, 15) is 4.79 Å². The minimum atomic E-state index is -0.172. The van der Waals surface area contributed by atoms with E-state index in [1.807, 2.05) is 97.1 Å². The standard InChI is InChI=1S/C31H23N5OS/c37-30-26-18-10-11-19-27(26)32-28(21-20-23-12-4-1-5-13-23)36(30)31-34-33-29(38-31)22-35(24-14-6-2-7-15-24)25-16-8-3-9-17-25/h1-21H,22H2. The maximum Gasteiger partial charge on any atom is 0.268 e. The van der Waals surface area contributed by atoms with Gasteiger partial charge in [-0.3, -0.25) is 4.79 Å². The highest BCUT2D eigenvalue weighted by atomic mass is 32.1. The minimum Gasteiger partial charge on any atom is -0.335 e. The fourth-order valence-electron chi connectivity index (χ4n) is 4.26. The molecule has 0 saturated heterocycles. The number of aromatic nitrogens is 4. The molecule has 6 nitrogen and oxygen atoms in total. The summed E-state index contributed by atoms with van der Waals surface area (Å²) in [4.78, 5) is 20.6. The van der Waals surface area contributed by atoms with Gasteiger partial charge >= 0.3 is 0 Å². The van der Waals surface area contributed by atoms with Crippen LogP contribution >= 0.6 is 11.3 Å². The summed E-state index contributed by atoms with van der Waals surface area (Å²) in [6.45, 7) is 0.511. The molecule has 4 aromatic carbocycles. The van der Waals surface area contributed by atoms with E-state index >= 15 is 0 Å². The van der Waals surface area contributed by atoms with Crippen molar-refractivity contribution < 1.29 is 0 Å². The van der Waals surface area contributed by atoms with E-state index in [0.717, 1.165) is 21.9 Å². The molecule has 0 unspecified atom stereocenters. The van der Waals surface area contributed by atoms with Crippen LogP contribution in [0, 0.1) is 0 Å². The van der Waals surface area contributed by atoms with Crippen molar-refractivity contribution in [3.05, 3.63) is 142 Å². The molecule has 7 heteroatoms. The monoisotopic (exact) mass is 513 g/mol. The van der Waals surface area contributed by atoms with Crippen LogP contribution in [0.1, 0.15) is 16.4 Å². The van der Waals surface area contributed by atoms with Crippen molar-refractivity contribution in [3.63, 3.8) is 0 Å². The lowest BCUT2D eigenvalue weighted by Gasteiger charge is -2.23. The molecule has 0 aliphatic heterocycles. The Balaban J connectivity index is 1.42. The van der Waals surface area contributed by atoms with Crippen LogP contribution in [0.25, 0.3) is 28.2 Å². The van der Waals surface area contributed by atoms with Crippen LogP contribution in [-0.4, -0.2) is 19.7 Å². The second kappa shape index (κ2) is 10.6. The molecule has 2 heterocycles. The minimum absolute atomic E-state index is 0.172. The van der Waals surface area contributed by atoms with Crippen LogP contribution < -0.4 is 10.5 Å². The first kappa shape index (κ1) is 23.5. The summed E-state index contributed by atoms with van der Waals surface area (Å²) >= 11 is 1.39. The summed E-state index contributed by atoms with van der Waals surface area (Å²) in [5.41, 5.74) is 3.58. The van der Waals surface area contributed by atoms with Crippen molar-refractivity contribution in [3.8, 4) is 5.13 Å². The molecule has 0 aliphatic rings. The molecule has 0 bridgehead atoms. The fourth-order valence-corrected chi connectivity index (χ4v) is 5.10. The van der Waals surface area contributed by atoms with Gasteiger partial charge in [-0.25, -0.2) is 9.55 Å². The number of anilines is 2. The van der Waals surface area contributed by atoms with Gasteiger partial charge in [-0.15, -0.1) is 10.2 Å². The highest BCUT2D eigenvalue weighted by Crippen LogP contribution is 2.28. The summed E-state index contributed by atoms with van der Waals surface area (Å²) in [5.74, 6) is 0.503. The first-order valence-electron chi connectivity index (χ1n) is 12.2. The predicted molar refractivity (Wildman–Crippen MR) is 155 cm³/mol. The Hall–Kier alpha value is -4.88. The Morgan fingerprint density at radius 3 is 2.00 bits per heavy atom. The third-order valence-electron chi connectivity index (χ3n) is 6.10. The van der Waals surface area contributed by atoms with Gasteiger partial charge in [-0.05, 0) is 48.0 Å². The van der Waals surface area contributed by atoms with Gasteiger partial charge in [-0.1, -0.05) is 96.3 Å². The maximum absolute atomic E-state index is 13.7. The largest absolute Gasteiger partial charge is 0.335 e. The molecule has 0 radical (unpaired) electrons. The van der Waals surface area contributed by atoms with Gasteiger partial charge < -0.3 is 4.90 Å². The molecule has 184 valence electrons. The van der Waals surface area contributed by atoms with E-state index < -0.39 is 0 Å². The van der Waals surface area contributed by atoms with Crippen LogP contribution in [0.2, 0.25) is 0 Å². The topological polar surface area (TPSA) is 63.9 Å². The normalized spacial score (nSPS) is 11.3. The summed E-state index contributed by atoms with van der Waals surface area (Å²) in [5, 5.41) is 10.7. The average molecular weight is 514 g/mol. The average Bonchev–Trinajstić information content (AvgIpc) is 3.44. The van der Waals surface area contributed by atoms with Gasteiger partial charge in [0.05, 0.1) is 17.4 Å². The molecule has 0 aliphatic carbocycles. The lowest BCUT2D eigenvalue weighted by molar-refractivity contribution is 0.870. The summed E-state index contributed by atoms with van der Waals surface area (Å²) in [7, 11) is 0. The van der Waals surface area contributed by atoms with Crippen molar-refractivity contribution in [2.45, 2.75) is 6.54 Å². The summed E-state index contributed by atoms with van der Waals surface area (Å²) in [6, 6.07) is 37.6. The summed E-state index contributed by atoms with van der Waals surface area (Å²) in [6.07, 6.45) is 3.80. The Labute approximate surface area is 223 Å². The maximum atomic E-state index is 13.7. The first-order valence-corrected chi connectivity index (χ1v) is 13.0. The van der Waals surface area contributed by atoms with Gasteiger partial charge in [-0.2, -0.15) is 0 Å². The van der Waals surface area contributed by atoms with Gasteiger partial charge in [0.15, 0.2) is 0 Å². The Bertz CT molecular complexity index is 1720. The molecule has 6 aromatic rings. The summed E-state index contributed by atoms with van der Waals surface area (Å²) < 4.78 is 1.55. The third-order valence-corrected chi connectivity index (χ3v) is 7.00. The third kappa shape index (κ3) is 4.87. The lowest BCUT2D eigenvalue weighted by atomic mass is 10.2. The van der Waals surface area contributed by atoms with E-state index in [4.69, 9.17) is 4.98 Å². The van der Waals surface area contributed by atoms with Crippen LogP contribution in [-0.2, 0) is 6.54 Å². The Morgan fingerprint density at radius 2 is 1.32 bits per heavy atom. The molecule has 0 fully saturated rings. The Morgan fingerprint density at radius 1 is 0.711 bits per heavy atom. The van der Waals surface area contributed by atoms with Crippen LogP contribution in [0.3, 0.4) is 0 Å². The lowest BCUT2D eigenvalue weighted by Crippen LogP contribution is -2.22. The second-order valence-electron chi connectivity index (χ2n) is 8.61. The van der Waals surface area contributed by atoms with Crippen molar-refractivity contribution >= 4 is 45.8 Å². The van der Waals surface area contributed by atoms with Crippen LogP contribution in [0.5, 0.6) is 0 Å². The number of benzene rings is 4. The number of nitrogens with zero attached hydrogens (tertiary/aromatic N) is 5. The predicted octanol–water partition coefficient (Wildman–Crippen LogP) is 6.75. The van der Waals surface area contributed by atoms with Crippen LogP contribution in [0.4, 0.5) is 11.4 Å². The number of rotatable bonds is 7. The number of para-hydroxylation sites is 3. The first-order chi connectivity index (χ1) is 18.8. The van der Waals surface area contributed by atoms with Crippen molar-refractivity contribution in [1.82, 2.24) is 19.7 Å². The molecule has 38 heavy (non-hydrogen) atoms. The van der Waals surface area contributed by atoms with Gasteiger partial charge in [0, 0.05) is 11.4 Å². The van der Waals surface area contributed by atoms with Crippen molar-refractivity contribution in [1.29, 1.82) is 0 Å². The van der Waals surface area contributed by atoms with Gasteiger partial charge in [0.25, 0.3) is 5.56 Å². The number of hydrogen-bond donors (Lipinski definition) is 0. The molecule has 0 saturated carbocycles. The molecule has 0 amide bonds. The van der Waals surface area contributed by atoms with Gasteiger partial charge in [0.2, 0.25) is 5.13 Å². The van der Waals surface area contributed by atoms with E-state index in [0.29, 0.717) is 28.4 Å². The second-order valence-corrected chi connectivity index (χ2v) is 9.65. The highest BCUT2D eigenvalue weighted by Gasteiger charge is 2.18. The Kier molecular flexibility index (Phi) is 6.57. The molecular formula is C31H23N5OS. The molecule has 0 atom stereocenters. The van der Waals surface area contributed by atoms with E-state index in [1.165, 1.54) is 11.3 Å². The number of hydrogen-bond acceptors (Lipinski definition) is 6. The SMILES string of the molecule is O=c1c2ccccc2nc(C=Cc2ccccc2)n1-c1nnc(CN(c2ccccc2)c2ccccc2)s1. The van der Waals surface area contributed by atoms with Crippen LogP contribution in [0.15, 0.2) is 120 Å². The molecule has 2 aromatic heterocycles. The van der Waals surface area contributed by atoms with E-state index in [1.54, 1.807) is 10.6 Å². The molecule has 0 spiro atoms. The smallest absolute Gasteiger partial charge is 0.268 e. The zero-order valence-corrected chi connectivity index (χ0v) is 21.2. The quantitative estimate of drug-likeness (QED) is 0.236. The van der Waals surface area contributed by atoms with Crippen molar-refractivity contribution in [2.24, 2.45) is 0 Å². The fraction of sp³-hybridized carbons (Fsp3) is 0.0323. The molecule has 0 N–H and O–H groups in total. The van der Waals surface area contributed by atoms with Gasteiger partial charge in [0.1, 0.15) is 10.8 Å². The van der Waals surface area contributed by atoms with E-state index in [-0.39, 0.29) is 5.56 Å². The van der Waals surface area contributed by atoms with E-state index in [2.05, 4.69) is 39.4 Å².